The average Bonchev–Trinajstić information content (AvgIpc) is 2.76. The maximum atomic E-state index is 5.89. The van der Waals surface area contributed by atoms with E-state index in [1.807, 2.05) is 0 Å². The highest BCUT2D eigenvalue weighted by molar-refractivity contribution is 6.32. The van der Waals surface area contributed by atoms with Gasteiger partial charge in [0.05, 0.1) is 6.20 Å². The van der Waals surface area contributed by atoms with Crippen molar-refractivity contribution in [3.8, 4) is 0 Å². The molecule has 13 heavy (non-hydrogen) atoms. The highest BCUT2D eigenvalue weighted by Gasteiger charge is 2.37. The van der Waals surface area contributed by atoms with E-state index in [1.54, 1.807) is 0 Å². The standard InChI is InChI=1S/C8H11ClN4/c1-8(2-3-8)13-6-5(9)4-11-7(10)12-6/h4H,2-3H2,1H3,(H3,10,11,12,13). The van der Waals surface area contributed by atoms with Crippen LogP contribution in [0.2, 0.25) is 5.02 Å². The van der Waals surface area contributed by atoms with Gasteiger partial charge in [-0.05, 0) is 19.8 Å². The van der Waals surface area contributed by atoms with Crippen LogP contribution in [0, 0.1) is 0 Å². The van der Waals surface area contributed by atoms with Gasteiger partial charge in [-0.3, -0.25) is 0 Å². The van der Waals surface area contributed by atoms with Gasteiger partial charge in [-0.1, -0.05) is 11.6 Å². The minimum absolute atomic E-state index is 0.157. The lowest BCUT2D eigenvalue weighted by Crippen LogP contribution is -2.17. The van der Waals surface area contributed by atoms with E-state index in [0.717, 1.165) is 12.8 Å². The largest absolute Gasteiger partial charge is 0.368 e. The molecule has 0 spiro atoms. The summed E-state index contributed by atoms with van der Waals surface area (Å²) in [6, 6.07) is 0. The molecule has 1 aliphatic rings. The number of halogens is 1. The van der Waals surface area contributed by atoms with Crippen molar-refractivity contribution >= 4 is 23.4 Å². The third kappa shape index (κ3) is 1.83. The minimum atomic E-state index is 0.157. The highest BCUT2D eigenvalue weighted by atomic mass is 35.5. The van der Waals surface area contributed by atoms with Crippen LogP contribution in [0.4, 0.5) is 11.8 Å². The van der Waals surface area contributed by atoms with E-state index in [-0.39, 0.29) is 11.5 Å². The maximum Gasteiger partial charge on any atom is 0.222 e. The molecular weight excluding hydrogens is 188 g/mol. The monoisotopic (exact) mass is 198 g/mol. The number of hydrogen-bond donors (Lipinski definition) is 2. The summed E-state index contributed by atoms with van der Waals surface area (Å²) in [7, 11) is 0. The summed E-state index contributed by atoms with van der Waals surface area (Å²) in [4.78, 5) is 7.81. The summed E-state index contributed by atoms with van der Waals surface area (Å²) in [5.41, 5.74) is 5.60. The van der Waals surface area contributed by atoms with Crippen molar-refractivity contribution in [3.05, 3.63) is 11.2 Å². The molecule has 0 saturated heterocycles. The van der Waals surface area contributed by atoms with Crippen molar-refractivity contribution in [2.45, 2.75) is 25.3 Å². The molecule has 0 radical (unpaired) electrons. The molecule has 0 amide bonds. The van der Waals surface area contributed by atoms with Crippen LogP contribution in [0.25, 0.3) is 0 Å². The Morgan fingerprint density at radius 3 is 2.92 bits per heavy atom. The van der Waals surface area contributed by atoms with Gasteiger partial charge in [0, 0.05) is 5.54 Å². The lowest BCUT2D eigenvalue weighted by atomic mass is 10.3. The Labute approximate surface area is 81.5 Å². The molecule has 70 valence electrons. The van der Waals surface area contributed by atoms with Crippen molar-refractivity contribution in [1.82, 2.24) is 9.97 Å². The lowest BCUT2D eigenvalue weighted by molar-refractivity contribution is 0.820. The number of aromatic nitrogens is 2. The molecule has 1 heterocycles. The zero-order valence-electron chi connectivity index (χ0n) is 7.34. The molecule has 1 saturated carbocycles. The van der Waals surface area contributed by atoms with E-state index in [0.29, 0.717) is 10.8 Å². The van der Waals surface area contributed by atoms with Crippen molar-refractivity contribution in [2.24, 2.45) is 0 Å². The van der Waals surface area contributed by atoms with Gasteiger partial charge in [-0.2, -0.15) is 4.98 Å². The highest BCUT2D eigenvalue weighted by Crippen LogP contribution is 2.39. The number of nitrogen functional groups attached to an aromatic ring is 1. The summed E-state index contributed by atoms with van der Waals surface area (Å²) in [6.07, 6.45) is 3.80. The van der Waals surface area contributed by atoms with Gasteiger partial charge in [0.25, 0.3) is 0 Å². The minimum Gasteiger partial charge on any atom is -0.368 e. The molecule has 4 nitrogen and oxygen atoms in total. The number of hydrogen-bond acceptors (Lipinski definition) is 4. The van der Waals surface area contributed by atoms with Gasteiger partial charge >= 0.3 is 0 Å². The predicted octanol–water partition coefficient (Wildman–Crippen LogP) is 1.68. The van der Waals surface area contributed by atoms with Gasteiger partial charge in [-0.25, -0.2) is 4.98 Å². The molecule has 1 aliphatic carbocycles. The summed E-state index contributed by atoms with van der Waals surface area (Å²) >= 11 is 5.89. The summed E-state index contributed by atoms with van der Waals surface area (Å²) in [6.45, 7) is 2.13. The molecular formula is C8H11ClN4. The first-order chi connectivity index (χ1) is 6.09. The van der Waals surface area contributed by atoms with E-state index in [4.69, 9.17) is 17.3 Å². The Kier molecular flexibility index (Phi) is 1.80. The van der Waals surface area contributed by atoms with Gasteiger partial charge in [0.2, 0.25) is 5.95 Å². The zero-order valence-corrected chi connectivity index (χ0v) is 8.10. The van der Waals surface area contributed by atoms with E-state index >= 15 is 0 Å². The summed E-state index contributed by atoms with van der Waals surface area (Å²) < 4.78 is 0. The van der Waals surface area contributed by atoms with E-state index in [2.05, 4.69) is 22.2 Å². The number of rotatable bonds is 2. The van der Waals surface area contributed by atoms with Crippen LogP contribution in [0.5, 0.6) is 0 Å². The molecule has 0 unspecified atom stereocenters. The second kappa shape index (κ2) is 2.73. The van der Waals surface area contributed by atoms with Crippen LogP contribution >= 0.6 is 11.6 Å². The van der Waals surface area contributed by atoms with Crippen LogP contribution < -0.4 is 11.1 Å². The number of nitrogens with one attached hydrogen (secondary N) is 1. The first kappa shape index (κ1) is 8.56. The fraction of sp³-hybridized carbons (Fsp3) is 0.500. The lowest BCUT2D eigenvalue weighted by Gasteiger charge is -2.12. The van der Waals surface area contributed by atoms with Gasteiger partial charge in [0.15, 0.2) is 5.82 Å². The summed E-state index contributed by atoms with van der Waals surface area (Å²) in [5, 5.41) is 3.75. The molecule has 1 aromatic rings. The van der Waals surface area contributed by atoms with Gasteiger partial charge < -0.3 is 11.1 Å². The molecule has 1 fully saturated rings. The van der Waals surface area contributed by atoms with Crippen LogP contribution in [0.1, 0.15) is 19.8 Å². The second-order valence-electron chi connectivity index (χ2n) is 3.61. The quantitative estimate of drug-likeness (QED) is 0.759. The smallest absolute Gasteiger partial charge is 0.222 e. The van der Waals surface area contributed by atoms with Crippen molar-refractivity contribution in [1.29, 1.82) is 0 Å². The van der Waals surface area contributed by atoms with Gasteiger partial charge in [0.1, 0.15) is 5.02 Å². The van der Waals surface area contributed by atoms with E-state index in [1.165, 1.54) is 6.20 Å². The van der Waals surface area contributed by atoms with Crippen LogP contribution in [0.15, 0.2) is 6.20 Å². The summed E-state index contributed by atoms with van der Waals surface area (Å²) in [5.74, 6) is 0.880. The van der Waals surface area contributed by atoms with Crippen LogP contribution in [-0.4, -0.2) is 15.5 Å². The number of anilines is 2. The normalized spacial score (nSPS) is 18.3. The van der Waals surface area contributed by atoms with E-state index in [9.17, 15) is 0 Å². The Morgan fingerprint density at radius 2 is 2.31 bits per heavy atom. The number of nitrogens with two attached hydrogens (primary N) is 1. The maximum absolute atomic E-state index is 5.89. The van der Waals surface area contributed by atoms with E-state index < -0.39 is 0 Å². The molecule has 0 aromatic carbocycles. The molecule has 0 bridgehead atoms. The Hall–Kier alpha value is -1.03. The molecule has 1 aromatic heterocycles. The van der Waals surface area contributed by atoms with Crippen LogP contribution in [0.3, 0.4) is 0 Å². The first-order valence-electron chi connectivity index (χ1n) is 4.15. The number of nitrogens with zero attached hydrogens (tertiary/aromatic N) is 2. The molecule has 0 aliphatic heterocycles. The molecule has 3 N–H and O–H groups in total. The fourth-order valence-electron chi connectivity index (χ4n) is 1.07. The van der Waals surface area contributed by atoms with Crippen molar-refractivity contribution < 1.29 is 0 Å². The van der Waals surface area contributed by atoms with Crippen molar-refractivity contribution in [2.75, 3.05) is 11.1 Å². The Bertz CT molecular complexity index is 335. The topological polar surface area (TPSA) is 63.8 Å². The molecule has 5 heteroatoms. The third-order valence-electron chi connectivity index (χ3n) is 2.18. The van der Waals surface area contributed by atoms with Gasteiger partial charge in [-0.15, -0.1) is 0 Å². The van der Waals surface area contributed by atoms with Crippen LogP contribution in [-0.2, 0) is 0 Å². The third-order valence-corrected chi connectivity index (χ3v) is 2.46. The predicted molar refractivity (Wildman–Crippen MR) is 52.7 cm³/mol. The fourth-order valence-corrected chi connectivity index (χ4v) is 1.21. The zero-order chi connectivity index (χ0) is 9.47. The second-order valence-corrected chi connectivity index (χ2v) is 4.02. The first-order valence-corrected chi connectivity index (χ1v) is 4.53. The Morgan fingerprint density at radius 1 is 1.62 bits per heavy atom. The SMILES string of the molecule is CC1(Nc2nc(N)ncc2Cl)CC1. The molecule has 0 atom stereocenters. The molecule has 2 rings (SSSR count). The Balaban J connectivity index is 2.23. The average molecular weight is 199 g/mol. The van der Waals surface area contributed by atoms with Crippen molar-refractivity contribution in [3.63, 3.8) is 0 Å².